The van der Waals surface area contributed by atoms with Crippen molar-refractivity contribution in [1.82, 2.24) is 29.7 Å². The fraction of sp³-hybridized carbons (Fsp3) is 0.212. The molecule has 0 atom stereocenters. The van der Waals surface area contributed by atoms with E-state index in [1.54, 1.807) is 20.2 Å². The van der Waals surface area contributed by atoms with Crippen LogP contribution in [0.4, 0.5) is 0 Å². The van der Waals surface area contributed by atoms with Crippen molar-refractivity contribution in [2.45, 2.75) is 54.6 Å². The third kappa shape index (κ3) is 8.11. The van der Waals surface area contributed by atoms with Gasteiger partial charge in [-0.25, -0.2) is 14.8 Å². The summed E-state index contributed by atoms with van der Waals surface area (Å²) in [5, 5.41) is 5.37. The smallest absolute Gasteiger partial charge is 0.337 e. The van der Waals surface area contributed by atoms with Crippen molar-refractivity contribution in [3.8, 4) is 45.0 Å². The van der Waals surface area contributed by atoms with Crippen molar-refractivity contribution < 1.29 is 19.1 Å². The normalized spacial score (nSPS) is 11.0. The van der Waals surface area contributed by atoms with Gasteiger partial charge in [0.1, 0.15) is 11.6 Å². The minimum atomic E-state index is -0.354. The van der Waals surface area contributed by atoms with E-state index in [0.717, 1.165) is 80.2 Å². The molecule has 0 aliphatic heterocycles. The summed E-state index contributed by atoms with van der Waals surface area (Å²) in [4.78, 5) is 46.1. The van der Waals surface area contributed by atoms with Gasteiger partial charge in [0.25, 0.3) is 11.8 Å². The molecule has 2 amide bonds. The number of imidazole rings is 2. The van der Waals surface area contributed by atoms with Crippen LogP contribution in [0.2, 0.25) is 0 Å². The van der Waals surface area contributed by atoms with E-state index in [0.29, 0.717) is 16.7 Å². The number of rotatable bonds is 9. The fourth-order valence-electron chi connectivity index (χ4n) is 8.36. The number of carbonyl (C=O) groups is 3. The molecule has 6 aromatic carbocycles. The molecule has 0 aliphatic rings. The second-order valence-corrected chi connectivity index (χ2v) is 15.3. The van der Waals surface area contributed by atoms with Gasteiger partial charge >= 0.3 is 5.97 Å². The number of esters is 1. The second kappa shape index (κ2) is 18.1. The zero-order valence-electron chi connectivity index (χ0n) is 36.8. The van der Waals surface area contributed by atoms with Crippen LogP contribution < -0.4 is 10.6 Å². The molecular formula is C52H52N6O4. The van der Waals surface area contributed by atoms with Crippen LogP contribution in [0.1, 0.15) is 67.2 Å². The summed E-state index contributed by atoms with van der Waals surface area (Å²) in [6, 6.07) is 38.1. The largest absolute Gasteiger partial charge is 0.465 e. The lowest BCUT2D eigenvalue weighted by atomic mass is 9.94. The Hall–Kier alpha value is -7.33. The van der Waals surface area contributed by atoms with Crippen LogP contribution >= 0.6 is 0 Å². The molecule has 2 N–H and O–H groups in total. The van der Waals surface area contributed by atoms with Crippen molar-refractivity contribution >= 4 is 39.9 Å². The number of carbonyl (C=O) groups excluding carboxylic acids is 3. The molecule has 0 saturated carbocycles. The first kappa shape index (κ1) is 42.8. The Labute approximate surface area is 362 Å². The van der Waals surface area contributed by atoms with Crippen LogP contribution in [-0.4, -0.2) is 58.1 Å². The van der Waals surface area contributed by atoms with Gasteiger partial charge in [-0.1, -0.05) is 78.4 Å². The number of hydrogen-bond acceptors (Lipinski definition) is 6. The maximum atomic E-state index is 12.2. The molecule has 0 unspecified atom stereocenters. The Morgan fingerprint density at radius 1 is 0.532 bits per heavy atom. The van der Waals surface area contributed by atoms with E-state index in [9.17, 15) is 14.4 Å². The minimum absolute atomic E-state index is 0.0942. The summed E-state index contributed by atoms with van der Waals surface area (Å²) >= 11 is 0. The molecule has 314 valence electrons. The zero-order valence-corrected chi connectivity index (χ0v) is 36.8. The molecule has 10 heteroatoms. The number of nitrogens with one attached hydrogen (secondary N) is 2. The SMILES string of the molecule is CCn1c(-c2ccccc2-c2ccc(C(=O)OC)cc2C)nc2cc(C(=O)NC)ccc21.CCn1c(-c2ccccc2-c2ccc(C)cc2C)nc2cc(C(=O)NC)cc(C)c21. The maximum Gasteiger partial charge on any atom is 0.337 e. The van der Waals surface area contributed by atoms with E-state index in [2.05, 4.69) is 102 Å². The number of aromatic nitrogens is 4. The van der Waals surface area contributed by atoms with Crippen molar-refractivity contribution in [3.63, 3.8) is 0 Å². The third-order valence-corrected chi connectivity index (χ3v) is 11.3. The average molecular weight is 825 g/mol. The number of amides is 2. The first-order chi connectivity index (χ1) is 29.9. The molecule has 2 aromatic heterocycles. The Balaban J connectivity index is 0.000000187. The van der Waals surface area contributed by atoms with Crippen molar-refractivity contribution in [2.24, 2.45) is 0 Å². The Kier molecular flexibility index (Phi) is 12.5. The fourth-order valence-corrected chi connectivity index (χ4v) is 8.36. The van der Waals surface area contributed by atoms with Gasteiger partial charge < -0.3 is 24.5 Å². The number of methoxy groups -OCH3 is 1. The summed E-state index contributed by atoms with van der Waals surface area (Å²) in [6.07, 6.45) is 0. The Morgan fingerprint density at radius 2 is 1.03 bits per heavy atom. The molecule has 0 aliphatic carbocycles. The molecule has 0 saturated heterocycles. The van der Waals surface area contributed by atoms with E-state index >= 15 is 0 Å². The first-order valence-electron chi connectivity index (χ1n) is 20.8. The summed E-state index contributed by atoms with van der Waals surface area (Å²) in [7, 11) is 4.65. The van der Waals surface area contributed by atoms with Gasteiger partial charge in [-0.05, 0) is 123 Å². The Bertz CT molecular complexity index is 3010. The van der Waals surface area contributed by atoms with E-state index < -0.39 is 0 Å². The van der Waals surface area contributed by atoms with Gasteiger partial charge in [0.05, 0.1) is 34.7 Å². The van der Waals surface area contributed by atoms with E-state index in [-0.39, 0.29) is 17.8 Å². The van der Waals surface area contributed by atoms with E-state index in [1.165, 1.54) is 29.4 Å². The average Bonchev–Trinajstić information content (AvgIpc) is 3.86. The Morgan fingerprint density at radius 3 is 1.60 bits per heavy atom. The van der Waals surface area contributed by atoms with Crippen LogP contribution in [0, 0.1) is 27.7 Å². The highest BCUT2D eigenvalue weighted by atomic mass is 16.5. The number of fused-ring (bicyclic) bond motifs is 2. The lowest BCUT2D eigenvalue weighted by Gasteiger charge is -2.14. The molecular weight excluding hydrogens is 773 g/mol. The molecule has 2 heterocycles. The van der Waals surface area contributed by atoms with Gasteiger partial charge in [0, 0.05) is 49.4 Å². The second-order valence-electron chi connectivity index (χ2n) is 15.3. The van der Waals surface area contributed by atoms with Crippen molar-refractivity contribution in [2.75, 3.05) is 21.2 Å². The van der Waals surface area contributed by atoms with E-state index in [1.807, 2.05) is 68.4 Å². The van der Waals surface area contributed by atoms with Crippen LogP contribution in [0.25, 0.3) is 67.1 Å². The number of nitrogens with zero attached hydrogens (tertiary/aromatic N) is 4. The molecule has 8 aromatic rings. The van der Waals surface area contributed by atoms with Crippen molar-refractivity contribution in [3.05, 3.63) is 154 Å². The summed E-state index contributed by atoms with van der Waals surface area (Å²) in [5.41, 5.74) is 16.5. The lowest BCUT2D eigenvalue weighted by Crippen LogP contribution is -2.17. The summed E-state index contributed by atoms with van der Waals surface area (Å²) < 4.78 is 9.25. The molecule has 0 radical (unpaired) electrons. The van der Waals surface area contributed by atoms with Crippen LogP contribution in [0.3, 0.4) is 0 Å². The number of ether oxygens (including phenoxy) is 1. The maximum absolute atomic E-state index is 12.2. The third-order valence-electron chi connectivity index (χ3n) is 11.3. The number of aryl methyl sites for hydroxylation is 6. The van der Waals surface area contributed by atoms with Gasteiger partial charge in [-0.15, -0.1) is 0 Å². The minimum Gasteiger partial charge on any atom is -0.465 e. The predicted octanol–water partition coefficient (Wildman–Crippen LogP) is 10.5. The lowest BCUT2D eigenvalue weighted by molar-refractivity contribution is 0.0600. The predicted molar refractivity (Wildman–Crippen MR) is 250 cm³/mol. The standard InChI is InChI=1S/C26H25N3O3.C26H27N3O/c1-5-29-23-13-11-17(25(30)27-3)15-22(23)28-24(29)21-9-7-6-8-20(21)19-12-10-18(14-16(19)2)26(31)32-4;1-6-29-24-18(4)14-19(26(30)27-5)15-23(24)28-25(29)22-10-8-7-9-21(22)20-12-11-16(2)13-17(20)3/h6-15H,5H2,1-4H3,(H,27,30);7-15H,6H2,1-5H3,(H,27,30). The monoisotopic (exact) mass is 824 g/mol. The summed E-state index contributed by atoms with van der Waals surface area (Å²) in [5.74, 6) is 1.18. The van der Waals surface area contributed by atoms with Crippen LogP contribution in [-0.2, 0) is 17.8 Å². The van der Waals surface area contributed by atoms with Gasteiger partial charge in [-0.2, -0.15) is 0 Å². The van der Waals surface area contributed by atoms with Gasteiger partial charge in [0.15, 0.2) is 0 Å². The first-order valence-corrected chi connectivity index (χ1v) is 20.8. The summed E-state index contributed by atoms with van der Waals surface area (Å²) in [6.45, 7) is 14.0. The van der Waals surface area contributed by atoms with Crippen LogP contribution in [0.15, 0.2) is 115 Å². The molecule has 0 bridgehead atoms. The van der Waals surface area contributed by atoms with Gasteiger partial charge in [-0.3, -0.25) is 9.59 Å². The topological polar surface area (TPSA) is 120 Å². The molecule has 10 nitrogen and oxygen atoms in total. The number of benzene rings is 6. The molecule has 62 heavy (non-hydrogen) atoms. The molecule has 0 spiro atoms. The quantitative estimate of drug-likeness (QED) is 0.140. The highest BCUT2D eigenvalue weighted by Gasteiger charge is 2.21. The van der Waals surface area contributed by atoms with Crippen molar-refractivity contribution in [1.29, 1.82) is 0 Å². The molecule has 0 fully saturated rings. The van der Waals surface area contributed by atoms with Gasteiger partial charge in [0.2, 0.25) is 0 Å². The zero-order chi connectivity index (χ0) is 44.2. The number of hydrogen-bond donors (Lipinski definition) is 2. The highest BCUT2D eigenvalue weighted by Crippen LogP contribution is 2.38. The van der Waals surface area contributed by atoms with Crippen LogP contribution in [0.5, 0.6) is 0 Å². The molecule has 8 rings (SSSR count). The van der Waals surface area contributed by atoms with E-state index in [4.69, 9.17) is 14.7 Å². The highest BCUT2D eigenvalue weighted by molar-refractivity contribution is 6.00.